The van der Waals surface area contributed by atoms with Crippen molar-refractivity contribution in [3.63, 3.8) is 0 Å². The number of hydrogen-bond acceptors (Lipinski definition) is 6. The lowest BCUT2D eigenvalue weighted by Gasteiger charge is -2.23. The smallest absolute Gasteiger partial charge is 0.408 e. The molecule has 4 rings (SSSR count). The van der Waals surface area contributed by atoms with Gasteiger partial charge in [0.25, 0.3) is 0 Å². The molecule has 2 amide bonds. The lowest BCUT2D eigenvalue weighted by atomic mass is 10.0. The van der Waals surface area contributed by atoms with Crippen LogP contribution in [-0.2, 0) is 26.0 Å². The molecule has 0 bridgehead atoms. The number of carbonyl (C=O) groups is 2. The standard InChI is InChI=1S/C23H25ClN4O5S/c1-23(2,3)33-22(30)27-18(21-25-16-6-4-5-7-17(16)26-21)11-13-8-9-14(15(24)10-13)19-12-20(29)28-34(19,31)32/h4-10,18-19H,11-12H2,1-3H3,(H,25,26)(H,27,30)(H,28,29)/t18-,19-/m0/s1. The number of para-hydroxylation sites is 2. The molecule has 1 aromatic heterocycles. The molecule has 9 nitrogen and oxygen atoms in total. The molecule has 180 valence electrons. The molecule has 1 fully saturated rings. The van der Waals surface area contributed by atoms with Gasteiger partial charge in [0.1, 0.15) is 16.7 Å². The lowest BCUT2D eigenvalue weighted by molar-refractivity contribution is -0.118. The first-order valence-corrected chi connectivity index (χ1v) is 12.6. The second-order valence-corrected chi connectivity index (χ2v) is 11.4. The van der Waals surface area contributed by atoms with Gasteiger partial charge in [-0.3, -0.25) is 9.52 Å². The van der Waals surface area contributed by atoms with Gasteiger partial charge in [-0.05, 0) is 50.1 Å². The van der Waals surface area contributed by atoms with Gasteiger partial charge in [0.05, 0.1) is 23.5 Å². The van der Waals surface area contributed by atoms with E-state index >= 15 is 0 Å². The van der Waals surface area contributed by atoms with E-state index in [1.807, 2.05) is 29.0 Å². The van der Waals surface area contributed by atoms with Crippen LogP contribution in [0.15, 0.2) is 42.5 Å². The van der Waals surface area contributed by atoms with Crippen LogP contribution in [0.1, 0.15) is 55.4 Å². The summed E-state index contributed by atoms with van der Waals surface area (Å²) in [6.07, 6.45) is -0.459. The minimum atomic E-state index is -3.81. The zero-order valence-electron chi connectivity index (χ0n) is 18.9. The number of nitrogens with zero attached hydrogens (tertiary/aromatic N) is 1. The van der Waals surface area contributed by atoms with E-state index in [9.17, 15) is 18.0 Å². The average Bonchev–Trinajstić information content (AvgIpc) is 3.25. The van der Waals surface area contributed by atoms with Crippen molar-refractivity contribution in [1.29, 1.82) is 0 Å². The summed E-state index contributed by atoms with van der Waals surface area (Å²) in [7, 11) is -3.81. The molecule has 3 N–H and O–H groups in total. The van der Waals surface area contributed by atoms with Crippen molar-refractivity contribution in [2.75, 3.05) is 0 Å². The van der Waals surface area contributed by atoms with Crippen LogP contribution in [0, 0.1) is 0 Å². The van der Waals surface area contributed by atoms with Crippen LogP contribution in [0.4, 0.5) is 4.79 Å². The minimum Gasteiger partial charge on any atom is -0.444 e. The summed E-state index contributed by atoms with van der Waals surface area (Å²) < 4.78 is 31.9. The lowest BCUT2D eigenvalue weighted by Crippen LogP contribution is -2.36. The number of benzene rings is 2. The Bertz CT molecular complexity index is 1330. The Morgan fingerprint density at radius 2 is 2.00 bits per heavy atom. The highest BCUT2D eigenvalue weighted by molar-refractivity contribution is 7.90. The van der Waals surface area contributed by atoms with Gasteiger partial charge in [-0.1, -0.05) is 35.9 Å². The number of hydrogen-bond donors (Lipinski definition) is 3. The summed E-state index contributed by atoms with van der Waals surface area (Å²) in [4.78, 5) is 32.0. The van der Waals surface area contributed by atoms with E-state index in [1.54, 1.807) is 39.0 Å². The molecular weight excluding hydrogens is 480 g/mol. The highest BCUT2D eigenvalue weighted by Crippen LogP contribution is 2.35. The number of sulfonamides is 1. The summed E-state index contributed by atoms with van der Waals surface area (Å²) >= 11 is 6.43. The van der Waals surface area contributed by atoms with Crippen molar-refractivity contribution in [3.8, 4) is 0 Å². The van der Waals surface area contributed by atoms with Crippen LogP contribution in [-0.4, -0.2) is 36.0 Å². The molecule has 0 aliphatic carbocycles. The number of nitrogens with one attached hydrogen (secondary N) is 3. The topological polar surface area (TPSA) is 130 Å². The molecule has 0 radical (unpaired) electrons. The van der Waals surface area contributed by atoms with Gasteiger partial charge in [-0.2, -0.15) is 0 Å². The average molecular weight is 505 g/mol. The van der Waals surface area contributed by atoms with Gasteiger partial charge in [0.2, 0.25) is 15.9 Å². The predicted octanol–water partition coefficient (Wildman–Crippen LogP) is 3.92. The summed E-state index contributed by atoms with van der Waals surface area (Å²) in [5.41, 5.74) is 2.00. The van der Waals surface area contributed by atoms with Gasteiger partial charge in [-0.15, -0.1) is 0 Å². The monoisotopic (exact) mass is 504 g/mol. The number of aromatic amines is 1. The number of H-pyrrole nitrogens is 1. The summed E-state index contributed by atoms with van der Waals surface area (Å²) in [6, 6.07) is 11.9. The van der Waals surface area contributed by atoms with Gasteiger partial charge in [0, 0.05) is 11.4 Å². The Morgan fingerprint density at radius 1 is 1.26 bits per heavy atom. The summed E-state index contributed by atoms with van der Waals surface area (Å²) in [5.74, 6) is -0.0166. The molecular formula is C23H25ClN4O5S. The fraction of sp³-hybridized carbons (Fsp3) is 0.348. The largest absolute Gasteiger partial charge is 0.444 e. The summed E-state index contributed by atoms with van der Waals surface area (Å²) in [5, 5.41) is 2.05. The van der Waals surface area contributed by atoms with E-state index in [0.29, 0.717) is 17.8 Å². The first-order valence-electron chi connectivity index (χ1n) is 10.7. The van der Waals surface area contributed by atoms with Gasteiger partial charge < -0.3 is 15.0 Å². The molecule has 2 aromatic carbocycles. The van der Waals surface area contributed by atoms with Gasteiger partial charge >= 0.3 is 6.09 Å². The van der Waals surface area contributed by atoms with Crippen LogP contribution in [0.5, 0.6) is 0 Å². The molecule has 1 aliphatic rings. The number of ether oxygens (including phenoxy) is 1. The molecule has 3 aromatic rings. The van der Waals surface area contributed by atoms with E-state index in [1.165, 1.54) is 0 Å². The normalized spacial score (nSPS) is 18.5. The Hall–Kier alpha value is -3.11. The van der Waals surface area contributed by atoms with Crippen molar-refractivity contribution in [2.45, 2.75) is 50.5 Å². The number of imidazole rings is 1. The number of fused-ring (bicyclic) bond motifs is 1. The summed E-state index contributed by atoms with van der Waals surface area (Å²) in [6.45, 7) is 5.33. The molecule has 0 unspecified atom stereocenters. The van der Waals surface area contributed by atoms with Gasteiger partial charge in [0.15, 0.2) is 0 Å². The molecule has 0 spiro atoms. The maximum atomic E-state index is 12.5. The second kappa shape index (κ2) is 8.92. The minimum absolute atomic E-state index is 0.177. The van der Waals surface area contributed by atoms with Crippen molar-refractivity contribution < 1.29 is 22.7 Å². The molecule has 0 saturated carbocycles. The first-order chi connectivity index (χ1) is 15.9. The number of aromatic nitrogens is 2. The first kappa shape index (κ1) is 24.0. The highest BCUT2D eigenvalue weighted by Gasteiger charge is 2.39. The second-order valence-electron chi connectivity index (χ2n) is 9.16. The van der Waals surface area contributed by atoms with Crippen LogP contribution in [0.25, 0.3) is 11.0 Å². The van der Waals surface area contributed by atoms with E-state index in [0.717, 1.165) is 16.6 Å². The fourth-order valence-corrected chi connectivity index (χ4v) is 5.68. The maximum Gasteiger partial charge on any atom is 0.408 e. The molecule has 1 aliphatic heterocycles. The fourth-order valence-electron chi connectivity index (χ4n) is 3.82. The number of amides is 2. The van der Waals surface area contributed by atoms with Crippen LogP contribution < -0.4 is 10.0 Å². The van der Waals surface area contributed by atoms with Crippen LogP contribution in [0.2, 0.25) is 5.02 Å². The van der Waals surface area contributed by atoms with E-state index < -0.39 is 38.9 Å². The number of rotatable bonds is 5. The molecule has 2 atom stereocenters. The Morgan fingerprint density at radius 3 is 2.62 bits per heavy atom. The van der Waals surface area contributed by atoms with Crippen LogP contribution >= 0.6 is 11.6 Å². The van der Waals surface area contributed by atoms with Crippen molar-refractivity contribution in [2.24, 2.45) is 0 Å². The zero-order valence-corrected chi connectivity index (χ0v) is 20.5. The number of alkyl carbamates (subject to hydrolysis) is 1. The maximum absolute atomic E-state index is 12.5. The molecule has 2 heterocycles. The Labute approximate surface area is 202 Å². The number of carbonyl (C=O) groups excluding carboxylic acids is 2. The Kier molecular flexibility index (Phi) is 6.30. The molecule has 34 heavy (non-hydrogen) atoms. The highest BCUT2D eigenvalue weighted by atomic mass is 35.5. The van der Waals surface area contributed by atoms with E-state index in [-0.39, 0.29) is 11.4 Å². The van der Waals surface area contributed by atoms with Gasteiger partial charge in [-0.25, -0.2) is 18.2 Å². The SMILES string of the molecule is CC(C)(C)OC(=O)N[C@@H](Cc1ccc([C@@H]2CC(=O)NS2(=O)=O)c(Cl)c1)c1nc2ccccc2[nH]1. The molecule has 1 saturated heterocycles. The van der Waals surface area contributed by atoms with E-state index in [4.69, 9.17) is 16.3 Å². The Balaban J connectivity index is 1.62. The third-order valence-electron chi connectivity index (χ3n) is 5.28. The van der Waals surface area contributed by atoms with Crippen LogP contribution in [0.3, 0.4) is 0 Å². The van der Waals surface area contributed by atoms with E-state index in [2.05, 4.69) is 15.3 Å². The quantitative estimate of drug-likeness (QED) is 0.483. The third kappa shape index (κ3) is 5.34. The number of halogens is 1. The van der Waals surface area contributed by atoms with Crippen molar-refractivity contribution in [3.05, 3.63) is 64.4 Å². The predicted molar refractivity (Wildman–Crippen MR) is 128 cm³/mol. The third-order valence-corrected chi connectivity index (χ3v) is 7.29. The zero-order chi connectivity index (χ0) is 24.7. The van der Waals surface area contributed by atoms with Crippen molar-refractivity contribution >= 4 is 44.7 Å². The van der Waals surface area contributed by atoms with Crippen molar-refractivity contribution in [1.82, 2.24) is 20.0 Å². The molecule has 11 heteroatoms.